The first kappa shape index (κ1) is 24.1. The summed E-state index contributed by atoms with van der Waals surface area (Å²) < 4.78 is 5.23. The van der Waals surface area contributed by atoms with Crippen molar-refractivity contribution in [3.63, 3.8) is 0 Å². The van der Waals surface area contributed by atoms with E-state index in [0.29, 0.717) is 16.5 Å². The van der Waals surface area contributed by atoms with E-state index in [1.165, 1.54) is 18.4 Å². The molecule has 0 atom stereocenters. The largest absolute Gasteiger partial charge is 0.467 e. The molecule has 1 heterocycles. The third kappa shape index (κ3) is 5.90. The summed E-state index contributed by atoms with van der Waals surface area (Å²) in [6, 6.07) is 21.1. The van der Waals surface area contributed by atoms with Crippen molar-refractivity contribution in [3.8, 4) is 0 Å². The Kier molecular flexibility index (Phi) is 7.50. The van der Waals surface area contributed by atoms with Gasteiger partial charge in [-0.2, -0.15) is 0 Å². The molecule has 0 aliphatic heterocycles. The van der Waals surface area contributed by atoms with Gasteiger partial charge in [-0.3, -0.25) is 14.4 Å². The molecule has 0 aliphatic carbocycles. The summed E-state index contributed by atoms with van der Waals surface area (Å²) in [6.45, 7) is 0.205. The summed E-state index contributed by atoms with van der Waals surface area (Å²) in [4.78, 5) is 38.6. The van der Waals surface area contributed by atoms with Crippen molar-refractivity contribution < 1.29 is 18.8 Å². The fourth-order valence-corrected chi connectivity index (χ4v) is 3.80. The Labute approximate surface area is 211 Å². The van der Waals surface area contributed by atoms with Crippen molar-refractivity contribution >= 4 is 52.3 Å². The van der Waals surface area contributed by atoms with Gasteiger partial charge in [-0.05, 0) is 54.6 Å². The molecule has 1 aromatic heterocycles. The van der Waals surface area contributed by atoms with Crippen molar-refractivity contribution in [1.29, 1.82) is 0 Å². The molecule has 4 rings (SSSR count). The SMILES string of the molecule is O=C(Nc1ccccc1C(=O)Nc1ccccc1C(=O)NCc1ccco1)c1ccc(Cl)cc1Cl. The van der Waals surface area contributed by atoms with Crippen LogP contribution in [0.5, 0.6) is 0 Å². The molecule has 0 unspecified atom stereocenters. The van der Waals surface area contributed by atoms with Crippen LogP contribution in [-0.2, 0) is 6.54 Å². The first-order chi connectivity index (χ1) is 16.9. The van der Waals surface area contributed by atoms with Gasteiger partial charge in [0.15, 0.2) is 0 Å². The van der Waals surface area contributed by atoms with Crippen molar-refractivity contribution in [3.05, 3.63) is 118 Å². The summed E-state index contributed by atoms with van der Waals surface area (Å²) >= 11 is 12.0. The number of rotatable bonds is 7. The summed E-state index contributed by atoms with van der Waals surface area (Å²) in [5.74, 6) is -0.777. The molecule has 7 nitrogen and oxygen atoms in total. The Hall–Kier alpha value is -4.07. The van der Waals surface area contributed by atoms with Crippen LogP contribution in [0, 0.1) is 0 Å². The molecule has 0 spiro atoms. The quantitative estimate of drug-likeness (QED) is 0.284. The van der Waals surface area contributed by atoms with E-state index in [4.69, 9.17) is 27.6 Å². The smallest absolute Gasteiger partial charge is 0.257 e. The first-order valence-corrected chi connectivity index (χ1v) is 11.2. The standard InChI is InChI=1S/C26H19Cl2N3O4/c27-16-11-12-18(21(28)14-16)25(33)30-23-10-4-2-8-20(23)26(34)31-22-9-3-1-7-19(22)24(32)29-15-17-6-5-13-35-17/h1-14H,15H2,(H,29,32)(H,30,33)(H,31,34). The van der Waals surface area contributed by atoms with Gasteiger partial charge >= 0.3 is 0 Å². The molecular weight excluding hydrogens is 489 g/mol. The Morgan fingerprint density at radius 3 is 1.89 bits per heavy atom. The molecule has 3 amide bonds. The lowest BCUT2D eigenvalue weighted by molar-refractivity contribution is 0.0948. The number of nitrogens with one attached hydrogen (secondary N) is 3. The Morgan fingerprint density at radius 2 is 1.29 bits per heavy atom. The minimum atomic E-state index is -0.505. The van der Waals surface area contributed by atoms with E-state index in [1.807, 2.05) is 0 Å². The Morgan fingerprint density at radius 1 is 0.686 bits per heavy atom. The third-order valence-corrected chi connectivity index (χ3v) is 5.57. The zero-order valence-corrected chi connectivity index (χ0v) is 19.7. The predicted molar refractivity (Wildman–Crippen MR) is 135 cm³/mol. The van der Waals surface area contributed by atoms with Gasteiger partial charge in [-0.25, -0.2) is 0 Å². The van der Waals surface area contributed by atoms with E-state index in [2.05, 4.69) is 16.0 Å². The fourth-order valence-electron chi connectivity index (χ4n) is 3.31. The van der Waals surface area contributed by atoms with E-state index in [9.17, 15) is 14.4 Å². The number of hydrogen-bond acceptors (Lipinski definition) is 4. The normalized spacial score (nSPS) is 10.5. The molecule has 0 saturated heterocycles. The molecule has 9 heteroatoms. The van der Waals surface area contributed by atoms with E-state index in [1.54, 1.807) is 66.7 Å². The van der Waals surface area contributed by atoms with Crippen LogP contribution in [-0.4, -0.2) is 17.7 Å². The lowest BCUT2D eigenvalue weighted by Crippen LogP contribution is -2.25. The molecule has 0 fully saturated rings. The molecule has 0 radical (unpaired) electrons. The van der Waals surface area contributed by atoms with Gasteiger partial charge in [0.1, 0.15) is 5.76 Å². The first-order valence-electron chi connectivity index (χ1n) is 10.5. The number of furan rings is 1. The molecule has 35 heavy (non-hydrogen) atoms. The second kappa shape index (κ2) is 10.9. The van der Waals surface area contributed by atoms with E-state index in [-0.39, 0.29) is 39.9 Å². The third-order valence-electron chi connectivity index (χ3n) is 5.02. The highest BCUT2D eigenvalue weighted by atomic mass is 35.5. The number of para-hydroxylation sites is 2. The molecule has 0 aliphatic rings. The topological polar surface area (TPSA) is 100 Å². The average molecular weight is 508 g/mol. The van der Waals surface area contributed by atoms with Crippen molar-refractivity contribution in [2.24, 2.45) is 0 Å². The lowest BCUT2D eigenvalue weighted by atomic mass is 10.1. The second-order valence-corrected chi connectivity index (χ2v) is 8.23. The predicted octanol–water partition coefficient (Wildman–Crippen LogP) is 6.02. The van der Waals surface area contributed by atoms with Gasteiger partial charge in [0.05, 0.1) is 45.9 Å². The van der Waals surface area contributed by atoms with Crippen LogP contribution in [0.2, 0.25) is 10.0 Å². The van der Waals surface area contributed by atoms with Crippen LogP contribution >= 0.6 is 23.2 Å². The highest BCUT2D eigenvalue weighted by molar-refractivity contribution is 6.37. The minimum Gasteiger partial charge on any atom is -0.467 e. The van der Waals surface area contributed by atoms with Crippen LogP contribution < -0.4 is 16.0 Å². The van der Waals surface area contributed by atoms with Crippen molar-refractivity contribution in [2.75, 3.05) is 10.6 Å². The van der Waals surface area contributed by atoms with E-state index in [0.717, 1.165) is 0 Å². The average Bonchev–Trinajstić information content (AvgIpc) is 3.37. The Bertz CT molecular complexity index is 1390. The number of carbonyl (C=O) groups is 3. The summed E-state index contributed by atoms with van der Waals surface area (Å²) in [6.07, 6.45) is 1.52. The molecule has 0 bridgehead atoms. The molecule has 4 aromatic rings. The summed E-state index contributed by atoms with van der Waals surface area (Å²) in [5, 5.41) is 8.81. The van der Waals surface area contributed by atoms with Gasteiger partial charge in [0, 0.05) is 5.02 Å². The number of hydrogen-bond donors (Lipinski definition) is 3. The lowest BCUT2D eigenvalue weighted by Gasteiger charge is -2.14. The maximum Gasteiger partial charge on any atom is 0.257 e. The molecule has 176 valence electrons. The van der Waals surface area contributed by atoms with Gasteiger partial charge in [0.25, 0.3) is 17.7 Å². The van der Waals surface area contributed by atoms with Crippen LogP contribution in [0.4, 0.5) is 11.4 Å². The zero-order valence-electron chi connectivity index (χ0n) is 18.2. The minimum absolute atomic E-state index is 0.187. The zero-order chi connectivity index (χ0) is 24.8. The van der Waals surface area contributed by atoms with Gasteiger partial charge in [-0.1, -0.05) is 47.5 Å². The van der Waals surface area contributed by atoms with Gasteiger partial charge in [0.2, 0.25) is 0 Å². The van der Waals surface area contributed by atoms with Crippen LogP contribution in [0.3, 0.4) is 0 Å². The van der Waals surface area contributed by atoms with E-state index >= 15 is 0 Å². The monoisotopic (exact) mass is 507 g/mol. The summed E-state index contributed by atoms with van der Waals surface area (Å²) in [5.41, 5.74) is 1.29. The van der Waals surface area contributed by atoms with E-state index < -0.39 is 11.8 Å². The van der Waals surface area contributed by atoms with Crippen LogP contribution in [0.25, 0.3) is 0 Å². The number of carbonyl (C=O) groups excluding carboxylic acids is 3. The van der Waals surface area contributed by atoms with Crippen molar-refractivity contribution in [1.82, 2.24) is 5.32 Å². The maximum absolute atomic E-state index is 13.1. The molecule has 0 saturated carbocycles. The van der Waals surface area contributed by atoms with Gasteiger partial charge < -0.3 is 20.4 Å². The second-order valence-electron chi connectivity index (χ2n) is 7.39. The fraction of sp³-hybridized carbons (Fsp3) is 0.0385. The van der Waals surface area contributed by atoms with Gasteiger partial charge in [-0.15, -0.1) is 0 Å². The van der Waals surface area contributed by atoms with Crippen LogP contribution in [0.15, 0.2) is 89.5 Å². The maximum atomic E-state index is 13.1. The summed E-state index contributed by atoms with van der Waals surface area (Å²) in [7, 11) is 0. The Balaban J connectivity index is 1.51. The van der Waals surface area contributed by atoms with Crippen LogP contribution in [0.1, 0.15) is 36.8 Å². The molecule has 3 N–H and O–H groups in total. The van der Waals surface area contributed by atoms with Crippen molar-refractivity contribution in [2.45, 2.75) is 6.54 Å². The molecular formula is C26H19Cl2N3O4. The highest BCUT2D eigenvalue weighted by Gasteiger charge is 2.18. The molecule has 3 aromatic carbocycles. The highest BCUT2D eigenvalue weighted by Crippen LogP contribution is 2.24. The number of anilines is 2. The number of benzene rings is 3. The number of amides is 3. The number of halogens is 2.